The summed E-state index contributed by atoms with van der Waals surface area (Å²) in [6.07, 6.45) is 2.06. The zero-order valence-electron chi connectivity index (χ0n) is 18.6. The van der Waals surface area contributed by atoms with Gasteiger partial charge in [0.15, 0.2) is 0 Å². The lowest BCUT2D eigenvalue weighted by atomic mass is 9.64. The van der Waals surface area contributed by atoms with Crippen LogP contribution in [-0.4, -0.2) is 22.0 Å². The van der Waals surface area contributed by atoms with E-state index in [0.29, 0.717) is 23.1 Å². The van der Waals surface area contributed by atoms with Gasteiger partial charge >= 0.3 is 5.97 Å². The Morgan fingerprint density at radius 2 is 1.94 bits per heavy atom. The first-order valence-electron chi connectivity index (χ1n) is 10.9. The van der Waals surface area contributed by atoms with E-state index in [-0.39, 0.29) is 17.7 Å². The van der Waals surface area contributed by atoms with Crippen LogP contribution in [-0.2, 0) is 4.79 Å². The van der Waals surface area contributed by atoms with Crippen LogP contribution in [0, 0.1) is 31.6 Å². The summed E-state index contributed by atoms with van der Waals surface area (Å²) >= 11 is 3.55. The fraction of sp³-hybridized carbons (Fsp3) is 0.440. The molecule has 31 heavy (non-hydrogen) atoms. The normalized spacial score (nSPS) is 25.6. The maximum atomic E-state index is 13.2. The van der Waals surface area contributed by atoms with E-state index in [2.05, 4.69) is 47.0 Å². The highest BCUT2D eigenvalue weighted by Crippen LogP contribution is 2.52. The molecule has 0 radical (unpaired) electrons. The van der Waals surface area contributed by atoms with Crippen molar-refractivity contribution in [2.45, 2.75) is 53.4 Å². The molecular weight excluding hydrogens is 456 g/mol. The average molecular weight is 485 g/mol. The standard InChI is InChI=1S/C25H29BrN2O3/c1-11(2)16-8-6-12(3)19(21(16)23-13(4)20(25(30)31)14(5)27-23)22-17-10-15(26)7-9-18(17)28-24(22)29/h7,9-12,16,21,27H,6,8H2,1-5H3,(H,28,29)(H,30,31)/b22-19-. The highest BCUT2D eigenvalue weighted by molar-refractivity contribution is 9.10. The number of amides is 1. The van der Waals surface area contributed by atoms with Gasteiger partial charge in [-0.2, -0.15) is 0 Å². The van der Waals surface area contributed by atoms with Crippen molar-refractivity contribution >= 4 is 39.1 Å². The molecular formula is C25H29BrN2O3. The summed E-state index contributed by atoms with van der Waals surface area (Å²) < 4.78 is 0.932. The van der Waals surface area contributed by atoms with E-state index in [4.69, 9.17) is 0 Å². The SMILES string of the molecule is Cc1[nH]c(C2/C(=C3\C(=O)Nc4ccc(Br)cc43)C(C)CCC2C(C)C)c(C)c1C(=O)O. The molecule has 1 aliphatic heterocycles. The molecule has 0 bridgehead atoms. The van der Waals surface area contributed by atoms with Crippen molar-refractivity contribution in [2.24, 2.45) is 17.8 Å². The third kappa shape index (κ3) is 3.55. The number of carboxylic acids is 1. The summed E-state index contributed by atoms with van der Waals surface area (Å²) in [6, 6.07) is 5.87. The number of hydrogen-bond acceptors (Lipinski definition) is 2. The number of fused-ring (bicyclic) bond motifs is 1. The van der Waals surface area contributed by atoms with Crippen LogP contribution in [0.5, 0.6) is 0 Å². The molecule has 4 rings (SSSR count). The zero-order chi connectivity index (χ0) is 22.6. The Balaban J connectivity index is 2.02. The fourth-order valence-electron chi connectivity index (χ4n) is 5.62. The van der Waals surface area contributed by atoms with Gasteiger partial charge in [-0.3, -0.25) is 4.79 Å². The number of aromatic nitrogens is 1. The number of carbonyl (C=O) groups excluding carboxylic acids is 1. The lowest BCUT2D eigenvalue weighted by Gasteiger charge is -2.41. The molecule has 1 aliphatic carbocycles. The van der Waals surface area contributed by atoms with Crippen LogP contribution in [0.1, 0.15) is 72.4 Å². The van der Waals surface area contributed by atoms with Gasteiger partial charge in [0, 0.05) is 38.6 Å². The Morgan fingerprint density at radius 1 is 1.23 bits per heavy atom. The summed E-state index contributed by atoms with van der Waals surface area (Å²) in [5.41, 5.74) is 6.38. The number of aromatic amines is 1. The summed E-state index contributed by atoms with van der Waals surface area (Å²) in [7, 11) is 0. The van der Waals surface area contributed by atoms with Crippen LogP contribution in [0.25, 0.3) is 5.57 Å². The number of halogens is 1. The smallest absolute Gasteiger partial charge is 0.337 e. The maximum Gasteiger partial charge on any atom is 0.337 e. The van der Waals surface area contributed by atoms with Crippen molar-refractivity contribution in [3.63, 3.8) is 0 Å². The van der Waals surface area contributed by atoms with Gasteiger partial charge in [0.25, 0.3) is 5.91 Å². The lowest BCUT2D eigenvalue weighted by Crippen LogP contribution is -2.31. The number of rotatable bonds is 3. The number of aryl methyl sites for hydroxylation is 1. The molecule has 2 heterocycles. The van der Waals surface area contributed by atoms with Gasteiger partial charge in [-0.25, -0.2) is 4.79 Å². The first-order valence-corrected chi connectivity index (χ1v) is 11.7. The number of nitrogens with one attached hydrogen (secondary N) is 2. The van der Waals surface area contributed by atoms with Crippen LogP contribution < -0.4 is 5.32 Å². The highest BCUT2D eigenvalue weighted by atomic mass is 79.9. The summed E-state index contributed by atoms with van der Waals surface area (Å²) in [4.78, 5) is 28.5. The van der Waals surface area contributed by atoms with Gasteiger partial charge in [-0.05, 0) is 73.8 Å². The van der Waals surface area contributed by atoms with Gasteiger partial charge in [0.05, 0.1) is 5.56 Å². The number of anilines is 1. The van der Waals surface area contributed by atoms with Gasteiger partial charge in [-0.1, -0.05) is 36.7 Å². The Labute approximate surface area is 191 Å². The number of benzene rings is 1. The van der Waals surface area contributed by atoms with E-state index in [1.54, 1.807) is 0 Å². The van der Waals surface area contributed by atoms with E-state index in [1.165, 1.54) is 0 Å². The van der Waals surface area contributed by atoms with Crippen LogP contribution >= 0.6 is 15.9 Å². The number of carbonyl (C=O) groups is 2. The van der Waals surface area contributed by atoms with Crippen LogP contribution in [0.4, 0.5) is 5.69 Å². The molecule has 1 saturated carbocycles. The molecule has 6 heteroatoms. The zero-order valence-corrected chi connectivity index (χ0v) is 20.2. The number of hydrogen-bond donors (Lipinski definition) is 3. The van der Waals surface area contributed by atoms with Crippen molar-refractivity contribution < 1.29 is 14.7 Å². The predicted octanol–water partition coefficient (Wildman–Crippen LogP) is 6.28. The average Bonchev–Trinajstić information content (AvgIpc) is 3.16. The topological polar surface area (TPSA) is 82.2 Å². The van der Waals surface area contributed by atoms with Gasteiger partial charge in [-0.15, -0.1) is 0 Å². The summed E-state index contributed by atoms with van der Waals surface area (Å²) in [6.45, 7) is 10.3. The first-order chi connectivity index (χ1) is 14.6. The Morgan fingerprint density at radius 3 is 2.55 bits per heavy atom. The van der Waals surface area contributed by atoms with E-state index >= 15 is 0 Å². The van der Waals surface area contributed by atoms with E-state index < -0.39 is 5.97 Å². The van der Waals surface area contributed by atoms with E-state index in [1.807, 2.05) is 32.0 Å². The van der Waals surface area contributed by atoms with Crippen LogP contribution in [0.2, 0.25) is 0 Å². The molecule has 1 aromatic heterocycles. The van der Waals surface area contributed by atoms with E-state index in [9.17, 15) is 14.7 Å². The molecule has 1 aromatic carbocycles. The number of H-pyrrole nitrogens is 1. The Bertz CT molecular complexity index is 1110. The predicted molar refractivity (Wildman–Crippen MR) is 126 cm³/mol. The molecule has 3 unspecified atom stereocenters. The molecule has 1 amide bonds. The fourth-order valence-corrected chi connectivity index (χ4v) is 5.98. The monoisotopic (exact) mass is 484 g/mol. The quantitative estimate of drug-likeness (QED) is 0.448. The van der Waals surface area contributed by atoms with Crippen molar-refractivity contribution in [2.75, 3.05) is 5.32 Å². The lowest BCUT2D eigenvalue weighted by molar-refractivity contribution is -0.110. The van der Waals surface area contributed by atoms with Crippen LogP contribution in [0.15, 0.2) is 28.2 Å². The molecule has 1 fully saturated rings. The molecule has 2 aliphatic rings. The summed E-state index contributed by atoms with van der Waals surface area (Å²) in [5, 5.41) is 12.8. The molecule has 3 N–H and O–H groups in total. The van der Waals surface area contributed by atoms with Gasteiger partial charge < -0.3 is 15.4 Å². The Kier molecular flexibility index (Phi) is 5.63. The first kappa shape index (κ1) is 21.9. The number of aromatic carboxylic acids is 1. The van der Waals surface area contributed by atoms with Crippen molar-refractivity contribution in [3.8, 4) is 0 Å². The second kappa shape index (κ2) is 7.97. The van der Waals surface area contributed by atoms with E-state index in [0.717, 1.165) is 51.0 Å². The molecule has 2 aromatic rings. The number of carboxylic acid groups (broad SMARTS) is 1. The molecule has 164 valence electrons. The van der Waals surface area contributed by atoms with Crippen molar-refractivity contribution in [3.05, 3.63) is 56.3 Å². The van der Waals surface area contributed by atoms with Crippen LogP contribution in [0.3, 0.4) is 0 Å². The largest absolute Gasteiger partial charge is 0.478 e. The minimum atomic E-state index is -0.912. The minimum Gasteiger partial charge on any atom is -0.478 e. The van der Waals surface area contributed by atoms with Gasteiger partial charge in [0.1, 0.15) is 0 Å². The van der Waals surface area contributed by atoms with Crippen molar-refractivity contribution in [1.29, 1.82) is 0 Å². The second-order valence-corrected chi connectivity index (χ2v) is 10.2. The molecule has 5 nitrogen and oxygen atoms in total. The maximum absolute atomic E-state index is 13.2. The highest BCUT2D eigenvalue weighted by Gasteiger charge is 2.42. The second-order valence-electron chi connectivity index (χ2n) is 9.31. The third-order valence-corrected chi connectivity index (χ3v) is 7.59. The minimum absolute atomic E-state index is 0.0266. The third-order valence-electron chi connectivity index (χ3n) is 7.10. The van der Waals surface area contributed by atoms with Crippen molar-refractivity contribution in [1.82, 2.24) is 4.98 Å². The molecule has 0 spiro atoms. The molecule has 0 saturated heterocycles. The molecule has 3 atom stereocenters. The van der Waals surface area contributed by atoms with Gasteiger partial charge in [0.2, 0.25) is 0 Å². The summed E-state index contributed by atoms with van der Waals surface area (Å²) in [5.74, 6) is -0.0617. The number of allylic oxidation sites excluding steroid dienone is 1. The Hall–Kier alpha value is -2.34.